The number of nitrogens with one attached hydrogen (secondary N) is 1. The number of fused-ring (bicyclic) bond motifs is 1. The van der Waals surface area contributed by atoms with Crippen LogP contribution >= 0.6 is 0 Å². The standard InChI is InChI=1S/C18H15N3O7S/c1-10(16(22)19-11-6-8-12(9-7-11)29(2,27)28)20-17(23)13-4-3-5-14(21(25)26)15(13)18(20)24/h3-10H,1-2H3,(H,19,22). The zero-order valence-electron chi connectivity index (χ0n) is 15.3. The molecule has 2 aromatic carbocycles. The summed E-state index contributed by atoms with van der Waals surface area (Å²) in [5.74, 6) is -2.44. The van der Waals surface area contributed by atoms with E-state index in [0.717, 1.165) is 12.3 Å². The van der Waals surface area contributed by atoms with Crippen molar-refractivity contribution in [3.63, 3.8) is 0 Å². The van der Waals surface area contributed by atoms with Crippen molar-refractivity contribution in [3.05, 3.63) is 63.7 Å². The molecular weight excluding hydrogens is 402 g/mol. The van der Waals surface area contributed by atoms with Crippen molar-refractivity contribution in [3.8, 4) is 0 Å². The summed E-state index contributed by atoms with van der Waals surface area (Å²) in [7, 11) is -3.40. The largest absolute Gasteiger partial charge is 0.324 e. The van der Waals surface area contributed by atoms with Crippen molar-refractivity contribution >= 4 is 38.9 Å². The van der Waals surface area contributed by atoms with Crippen LogP contribution in [0, 0.1) is 10.1 Å². The van der Waals surface area contributed by atoms with Crippen LogP contribution < -0.4 is 5.32 Å². The fourth-order valence-corrected chi connectivity index (χ4v) is 3.57. The Kier molecular flexibility index (Phi) is 4.93. The molecule has 1 aliphatic rings. The number of amides is 3. The maximum absolute atomic E-state index is 12.6. The first kappa shape index (κ1) is 20.1. The number of nitro groups is 1. The summed E-state index contributed by atoms with van der Waals surface area (Å²) in [5, 5.41) is 13.7. The number of hydrogen-bond donors (Lipinski definition) is 1. The Labute approximate surface area is 165 Å². The molecule has 11 heteroatoms. The molecular formula is C18H15N3O7S. The minimum absolute atomic E-state index is 0.0659. The van der Waals surface area contributed by atoms with E-state index in [1.54, 1.807) is 0 Å². The van der Waals surface area contributed by atoms with Crippen LogP contribution in [0.1, 0.15) is 27.6 Å². The van der Waals surface area contributed by atoms with Crippen molar-refractivity contribution in [2.24, 2.45) is 0 Å². The number of carbonyl (C=O) groups excluding carboxylic acids is 3. The van der Waals surface area contributed by atoms with Gasteiger partial charge in [0.05, 0.1) is 15.4 Å². The minimum atomic E-state index is -3.40. The molecule has 0 saturated heterocycles. The smallest absolute Gasteiger partial charge is 0.282 e. The number of nitrogens with zero attached hydrogens (tertiary/aromatic N) is 2. The molecule has 0 aromatic heterocycles. The molecule has 1 heterocycles. The van der Waals surface area contributed by atoms with Crippen molar-refractivity contribution in [2.45, 2.75) is 17.9 Å². The van der Waals surface area contributed by atoms with Crippen LogP contribution in [-0.2, 0) is 14.6 Å². The molecule has 0 fully saturated rings. The molecule has 0 bridgehead atoms. The fraction of sp³-hybridized carbons (Fsp3) is 0.167. The molecule has 0 aliphatic carbocycles. The van der Waals surface area contributed by atoms with E-state index in [1.165, 1.54) is 43.3 Å². The van der Waals surface area contributed by atoms with E-state index in [4.69, 9.17) is 0 Å². The molecule has 1 aliphatic heterocycles. The molecule has 150 valence electrons. The van der Waals surface area contributed by atoms with Gasteiger partial charge in [0.25, 0.3) is 17.5 Å². The lowest BCUT2D eigenvalue weighted by Crippen LogP contribution is -2.45. The van der Waals surface area contributed by atoms with Gasteiger partial charge in [-0.15, -0.1) is 0 Å². The molecule has 1 atom stereocenters. The molecule has 29 heavy (non-hydrogen) atoms. The predicted molar refractivity (Wildman–Crippen MR) is 101 cm³/mol. The summed E-state index contributed by atoms with van der Waals surface area (Å²) in [5.41, 5.74) is -0.731. The zero-order chi connectivity index (χ0) is 21.5. The average molecular weight is 417 g/mol. The van der Waals surface area contributed by atoms with Crippen LogP contribution in [0.5, 0.6) is 0 Å². The summed E-state index contributed by atoms with van der Waals surface area (Å²) in [4.78, 5) is 48.9. The second-order valence-corrected chi connectivity index (χ2v) is 8.41. The van der Waals surface area contributed by atoms with E-state index in [1.807, 2.05) is 0 Å². The zero-order valence-corrected chi connectivity index (χ0v) is 16.1. The summed E-state index contributed by atoms with van der Waals surface area (Å²) in [6, 6.07) is 7.79. The molecule has 3 rings (SSSR count). The Balaban J connectivity index is 1.83. The number of rotatable bonds is 5. The minimum Gasteiger partial charge on any atom is -0.324 e. The van der Waals surface area contributed by atoms with Gasteiger partial charge in [-0.3, -0.25) is 29.4 Å². The van der Waals surface area contributed by atoms with Gasteiger partial charge in [-0.05, 0) is 37.3 Å². The second kappa shape index (κ2) is 7.09. The molecule has 0 radical (unpaired) electrons. The van der Waals surface area contributed by atoms with Crippen molar-refractivity contribution < 1.29 is 27.7 Å². The van der Waals surface area contributed by atoms with E-state index < -0.39 is 44.2 Å². The van der Waals surface area contributed by atoms with E-state index in [0.29, 0.717) is 4.90 Å². The lowest BCUT2D eigenvalue weighted by Gasteiger charge is -2.21. The van der Waals surface area contributed by atoms with Crippen LogP contribution in [0.4, 0.5) is 11.4 Å². The van der Waals surface area contributed by atoms with Crippen LogP contribution in [0.3, 0.4) is 0 Å². The van der Waals surface area contributed by atoms with Gasteiger partial charge in [0.15, 0.2) is 9.84 Å². The summed E-state index contributed by atoms with van der Waals surface area (Å²) in [6.07, 6.45) is 1.05. The maximum Gasteiger partial charge on any atom is 0.282 e. The SMILES string of the molecule is CC(C(=O)Nc1ccc(S(C)(=O)=O)cc1)N1C(=O)c2cccc([N+](=O)[O-])c2C1=O. The highest BCUT2D eigenvalue weighted by Crippen LogP contribution is 2.32. The Morgan fingerprint density at radius 3 is 2.28 bits per heavy atom. The Morgan fingerprint density at radius 2 is 1.72 bits per heavy atom. The van der Waals surface area contributed by atoms with Crippen molar-refractivity contribution in [2.75, 3.05) is 11.6 Å². The highest BCUT2D eigenvalue weighted by molar-refractivity contribution is 7.90. The Hall–Kier alpha value is -3.60. The second-order valence-electron chi connectivity index (χ2n) is 6.40. The molecule has 0 saturated carbocycles. The number of sulfone groups is 1. The third-order valence-electron chi connectivity index (χ3n) is 4.44. The molecule has 10 nitrogen and oxygen atoms in total. The lowest BCUT2D eigenvalue weighted by molar-refractivity contribution is -0.385. The quantitative estimate of drug-likeness (QED) is 0.442. The number of benzene rings is 2. The number of anilines is 1. The van der Waals surface area contributed by atoms with Gasteiger partial charge in [-0.25, -0.2) is 8.42 Å². The fourth-order valence-electron chi connectivity index (χ4n) is 2.94. The van der Waals surface area contributed by atoms with E-state index >= 15 is 0 Å². The van der Waals surface area contributed by atoms with Gasteiger partial charge < -0.3 is 5.32 Å². The maximum atomic E-state index is 12.6. The van der Waals surface area contributed by atoms with Crippen LogP contribution in [0.15, 0.2) is 47.4 Å². The predicted octanol–water partition coefficient (Wildman–Crippen LogP) is 1.62. The number of imide groups is 1. The molecule has 0 spiro atoms. The number of hydrogen-bond acceptors (Lipinski definition) is 7. The average Bonchev–Trinajstić information content (AvgIpc) is 2.91. The van der Waals surface area contributed by atoms with Crippen LogP contribution in [0.25, 0.3) is 0 Å². The normalized spacial score (nSPS) is 14.5. The summed E-state index contributed by atoms with van der Waals surface area (Å²) < 4.78 is 23.0. The van der Waals surface area contributed by atoms with E-state index in [-0.39, 0.29) is 21.7 Å². The van der Waals surface area contributed by atoms with Gasteiger partial charge in [0, 0.05) is 18.0 Å². The van der Waals surface area contributed by atoms with E-state index in [9.17, 15) is 32.9 Å². The van der Waals surface area contributed by atoms with Crippen LogP contribution in [-0.4, -0.2) is 48.3 Å². The van der Waals surface area contributed by atoms with Crippen molar-refractivity contribution in [1.82, 2.24) is 4.90 Å². The molecule has 1 N–H and O–H groups in total. The number of carbonyl (C=O) groups is 3. The lowest BCUT2D eigenvalue weighted by atomic mass is 10.1. The Bertz CT molecular complexity index is 1160. The molecule has 2 aromatic rings. The molecule has 3 amide bonds. The summed E-state index contributed by atoms with van der Waals surface area (Å²) >= 11 is 0. The van der Waals surface area contributed by atoms with Crippen LogP contribution in [0.2, 0.25) is 0 Å². The first-order valence-electron chi connectivity index (χ1n) is 8.28. The third kappa shape index (κ3) is 3.59. The topological polar surface area (TPSA) is 144 Å². The van der Waals surface area contributed by atoms with Gasteiger partial charge in [0.2, 0.25) is 5.91 Å². The first-order valence-corrected chi connectivity index (χ1v) is 10.2. The van der Waals surface area contributed by atoms with Gasteiger partial charge in [-0.2, -0.15) is 0 Å². The van der Waals surface area contributed by atoms with Gasteiger partial charge in [0.1, 0.15) is 11.6 Å². The highest BCUT2D eigenvalue weighted by Gasteiger charge is 2.44. The number of nitro benzene ring substituents is 1. The third-order valence-corrected chi connectivity index (χ3v) is 5.57. The van der Waals surface area contributed by atoms with Gasteiger partial charge >= 0.3 is 0 Å². The van der Waals surface area contributed by atoms with E-state index in [2.05, 4.69) is 5.32 Å². The van der Waals surface area contributed by atoms with Gasteiger partial charge in [-0.1, -0.05) is 6.07 Å². The monoisotopic (exact) mass is 417 g/mol. The summed E-state index contributed by atoms with van der Waals surface area (Å²) in [6.45, 7) is 1.31. The molecule has 1 unspecified atom stereocenters. The first-order chi connectivity index (χ1) is 13.5. The highest BCUT2D eigenvalue weighted by atomic mass is 32.2. The Morgan fingerprint density at radius 1 is 1.10 bits per heavy atom. The van der Waals surface area contributed by atoms with Crippen molar-refractivity contribution in [1.29, 1.82) is 0 Å².